The van der Waals surface area contributed by atoms with Gasteiger partial charge < -0.3 is 9.47 Å². The maximum absolute atomic E-state index is 12.6. The largest absolute Gasteiger partial charge is 0.497 e. The van der Waals surface area contributed by atoms with Gasteiger partial charge in [-0.1, -0.05) is 30.3 Å². The van der Waals surface area contributed by atoms with Crippen molar-refractivity contribution in [3.05, 3.63) is 66.4 Å². The van der Waals surface area contributed by atoms with Crippen LogP contribution in [0.5, 0.6) is 11.5 Å². The van der Waals surface area contributed by atoms with Gasteiger partial charge in [0.1, 0.15) is 11.5 Å². The molecule has 6 heteroatoms. The normalized spacial score (nSPS) is 10.3. The number of carbonyl (C=O) groups is 1. The summed E-state index contributed by atoms with van der Waals surface area (Å²) in [4.78, 5) is 21.2. The van der Waals surface area contributed by atoms with E-state index < -0.39 is 0 Å². The van der Waals surface area contributed by atoms with Crippen molar-refractivity contribution in [1.82, 2.24) is 9.97 Å². The lowest BCUT2D eigenvalue weighted by Crippen LogP contribution is -1.99. The van der Waals surface area contributed by atoms with E-state index in [1.165, 1.54) is 0 Å². The Labute approximate surface area is 150 Å². The predicted octanol–water partition coefficient (Wildman–Crippen LogP) is 4.09. The van der Waals surface area contributed by atoms with Crippen LogP contribution in [0.25, 0.3) is 11.3 Å². The van der Waals surface area contributed by atoms with Crippen molar-refractivity contribution < 1.29 is 14.3 Å². The quantitative estimate of drug-likeness (QED) is 0.509. The Hall–Kier alpha value is -2.86. The summed E-state index contributed by atoms with van der Waals surface area (Å²) in [5.74, 6) is 1.12. The van der Waals surface area contributed by atoms with Crippen molar-refractivity contribution in [3.8, 4) is 22.8 Å². The first-order valence-electron chi connectivity index (χ1n) is 7.53. The second-order valence-corrected chi connectivity index (χ2v) is 6.02. The van der Waals surface area contributed by atoms with Gasteiger partial charge in [0, 0.05) is 23.4 Å². The third-order valence-electron chi connectivity index (χ3n) is 3.47. The molecule has 0 aliphatic heterocycles. The number of carbonyl (C=O) groups excluding carboxylic acids is 1. The number of rotatable bonds is 5. The highest BCUT2D eigenvalue weighted by Gasteiger charge is 2.14. The van der Waals surface area contributed by atoms with E-state index in [0.29, 0.717) is 22.2 Å². The van der Waals surface area contributed by atoms with Gasteiger partial charge in [0.05, 0.1) is 19.9 Å². The minimum Gasteiger partial charge on any atom is -0.497 e. The van der Waals surface area contributed by atoms with E-state index in [2.05, 4.69) is 9.97 Å². The number of hydrogen-bond donors (Lipinski definition) is 0. The smallest absolute Gasteiger partial charge is 0.227 e. The fraction of sp³-hybridized carbons (Fsp3) is 0.105. The van der Waals surface area contributed by atoms with Crippen LogP contribution < -0.4 is 9.47 Å². The zero-order chi connectivity index (χ0) is 17.6. The third kappa shape index (κ3) is 4.16. The molecule has 25 heavy (non-hydrogen) atoms. The molecule has 0 saturated carbocycles. The molecule has 0 bridgehead atoms. The van der Waals surface area contributed by atoms with Crippen LogP contribution in [0.2, 0.25) is 0 Å². The molecule has 0 fully saturated rings. The molecule has 3 aromatic rings. The zero-order valence-electron chi connectivity index (χ0n) is 13.8. The summed E-state index contributed by atoms with van der Waals surface area (Å²) in [7, 11) is 3.09. The lowest BCUT2D eigenvalue weighted by molar-refractivity contribution is 0.108. The summed E-state index contributed by atoms with van der Waals surface area (Å²) >= 11 is 0.972. The molecule has 5 nitrogen and oxygen atoms in total. The third-order valence-corrected chi connectivity index (χ3v) is 4.27. The lowest BCUT2D eigenvalue weighted by Gasteiger charge is -2.07. The molecular formula is C19H16N2O3S. The van der Waals surface area contributed by atoms with Crippen LogP contribution in [0.3, 0.4) is 0 Å². The SMILES string of the molecule is COc1cc(OC)cc(C(=O)Sc2nccc(-c3ccccc3)n2)c1. The molecule has 0 N–H and O–H groups in total. The zero-order valence-corrected chi connectivity index (χ0v) is 14.6. The van der Waals surface area contributed by atoms with Gasteiger partial charge >= 0.3 is 0 Å². The lowest BCUT2D eigenvalue weighted by atomic mass is 10.1. The topological polar surface area (TPSA) is 61.3 Å². The van der Waals surface area contributed by atoms with E-state index in [-0.39, 0.29) is 5.12 Å². The average Bonchev–Trinajstić information content (AvgIpc) is 2.68. The van der Waals surface area contributed by atoms with Crippen molar-refractivity contribution >= 4 is 16.9 Å². The predicted molar refractivity (Wildman–Crippen MR) is 97.2 cm³/mol. The highest BCUT2D eigenvalue weighted by Crippen LogP contribution is 2.28. The molecule has 1 heterocycles. The monoisotopic (exact) mass is 352 g/mol. The fourth-order valence-electron chi connectivity index (χ4n) is 2.23. The Kier molecular flexibility index (Phi) is 5.30. The van der Waals surface area contributed by atoms with E-state index >= 15 is 0 Å². The number of ether oxygens (including phenoxy) is 2. The summed E-state index contributed by atoms with van der Waals surface area (Å²) in [6.45, 7) is 0. The molecule has 0 amide bonds. The Morgan fingerprint density at radius 2 is 1.64 bits per heavy atom. The number of benzene rings is 2. The van der Waals surface area contributed by atoms with E-state index in [4.69, 9.17) is 9.47 Å². The van der Waals surface area contributed by atoms with Crippen LogP contribution in [-0.4, -0.2) is 29.3 Å². The van der Waals surface area contributed by atoms with Crippen molar-refractivity contribution in [2.24, 2.45) is 0 Å². The molecule has 3 rings (SSSR count). The maximum atomic E-state index is 12.6. The summed E-state index contributed by atoms with van der Waals surface area (Å²) in [6, 6.07) is 16.6. The summed E-state index contributed by atoms with van der Waals surface area (Å²) in [6.07, 6.45) is 1.65. The molecule has 0 radical (unpaired) electrons. The molecule has 126 valence electrons. The molecular weight excluding hydrogens is 336 g/mol. The van der Waals surface area contributed by atoms with Gasteiger partial charge in [-0.15, -0.1) is 0 Å². The van der Waals surface area contributed by atoms with Gasteiger partial charge in [0.25, 0.3) is 0 Å². The Morgan fingerprint density at radius 3 is 2.28 bits per heavy atom. The number of hydrogen-bond acceptors (Lipinski definition) is 6. The summed E-state index contributed by atoms with van der Waals surface area (Å²) in [5, 5.41) is 0.218. The van der Waals surface area contributed by atoms with E-state index in [1.54, 1.807) is 38.6 Å². The van der Waals surface area contributed by atoms with Crippen LogP contribution in [0.1, 0.15) is 10.4 Å². The fourth-order valence-corrected chi connectivity index (χ4v) is 2.89. The first-order chi connectivity index (χ1) is 12.2. The van der Waals surface area contributed by atoms with Gasteiger partial charge in [0.15, 0.2) is 5.16 Å². The second kappa shape index (κ2) is 7.81. The van der Waals surface area contributed by atoms with Crippen LogP contribution in [-0.2, 0) is 0 Å². The van der Waals surface area contributed by atoms with Crippen molar-refractivity contribution in [2.45, 2.75) is 5.16 Å². The molecule has 0 aliphatic rings. The van der Waals surface area contributed by atoms with Crippen LogP contribution >= 0.6 is 11.8 Å². The minimum absolute atomic E-state index is 0.178. The van der Waals surface area contributed by atoms with Crippen LogP contribution in [0, 0.1) is 0 Å². The molecule has 0 saturated heterocycles. The number of nitrogens with zero attached hydrogens (tertiary/aromatic N) is 2. The first-order valence-corrected chi connectivity index (χ1v) is 8.35. The van der Waals surface area contributed by atoms with Crippen LogP contribution in [0.15, 0.2) is 66.0 Å². The molecule has 1 aromatic heterocycles. The molecule has 2 aromatic carbocycles. The van der Waals surface area contributed by atoms with Gasteiger partial charge in [-0.2, -0.15) is 0 Å². The van der Waals surface area contributed by atoms with Crippen LogP contribution in [0.4, 0.5) is 0 Å². The summed E-state index contributed by atoms with van der Waals surface area (Å²) in [5.41, 5.74) is 2.21. The van der Waals surface area contributed by atoms with Gasteiger partial charge in [-0.25, -0.2) is 9.97 Å². The maximum Gasteiger partial charge on any atom is 0.227 e. The molecule has 0 spiro atoms. The van der Waals surface area contributed by atoms with E-state index in [9.17, 15) is 4.79 Å². The number of methoxy groups -OCH3 is 2. The second-order valence-electron chi connectivity index (χ2n) is 5.08. The van der Waals surface area contributed by atoms with Gasteiger partial charge in [-0.05, 0) is 30.0 Å². The summed E-state index contributed by atoms with van der Waals surface area (Å²) < 4.78 is 10.4. The van der Waals surface area contributed by atoms with Gasteiger partial charge in [0.2, 0.25) is 5.12 Å². The highest BCUT2D eigenvalue weighted by atomic mass is 32.2. The van der Waals surface area contributed by atoms with Crippen molar-refractivity contribution in [3.63, 3.8) is 0 Å². The number of aromatic nitrogens is 2. The highest BCUT2D eigenvalue weighted by molar-refractivity contribution is 8.14. The molecule has 0 aliphatic carbocycles. The van der Waals surface area contributed by atoms with Gasteiger partial charge in [-0.3, -0.25) is 4.79 Å². The minimum atomic E-state index is -0.178. The van der Waals surface area contributed by atoms with E-state index in [1.807, 2.05) is 36.4 Å². The Morgan fingerprint density at radius 1 is 0.960 bits per heavy atom. The standard InChI is InChI=1S/C19H16N2O3S/c1-23-15-10-14(11-16(12-15)24-2)18(22)25-19-20-9-8-17(21-19)13-6-4-3-5-7-13/h3-12H,1-2H3. The van der Waals surface area contributed by atoms with Crippen molar-refractivity contribution in [2.75, 3.05) is 14.2 Å². The average molecular weight is 352 g/mol. The number of thioether (sulfide) groups is 1. The van der Waals surface area contributed by atoms with E-state index in [0.717, 1.165) is 23.0 Å². The first kappa shape index (κ1) is 17.0. The van der Waals surface area contributed by atoms with Crippen molar-refractivity contribution in [1.29, 1.82) is 0 Å². The molecule has 0 atom stereocenters. The molecule has 0 unspecified atom stereocenters. The Balaban J connectivity index is 1.84. The Bertz CT molecular complexity index is 863.